The second-order valence-electron chi connectivity index (χ2n) is 7.77. The van der Waals surface area contributed by atoms with Gasteiger partial charge in [0.15, 0.2) is 9.84 Å². The highest BCUT2D eigenvalue weighted by Crippen LogP contribution is 2.30. The Kier molecular flexibility index (Phi) is 7.33. The largest absolute Gasteiger partial charge is 0.334 e. The molecule has 1 aliphatic rings. The lowest BCUT2D eigenvalue weighted by atomic mass is 9.95. The molecule has 3 N–H and O–H groups in total. The van der Waals surface area contributed by atoms with Crippen LogP contribution in [0.1, 0.15) is 32.3 Å². The quantitative estimate of drug-likeness (QED) is 0.461. The zero-order valence-corrected chi connectivity index (χ0v) is 18.6. The summed E-state index contributed by atoms with van der Waals surface area (Å²) in [5.74, 6) is 0.393. The van der Waals surface area contributed by atoms with Crippen molar-refractivity contribution in [2.75, 3.05) is 5.32 Å². The van der Waals surface area contributed by atoms with Crippen molar-refractivity contribution < 1.29 is 13.2 Å². The predicted molar refractivity (Wildman–Crippen MR) is 118 cm³/mol. The van der Waals surface area contributed by atoms with Crippen molar-refractivity contribution in [1.82, 2.24) is 15.6 Å². The third kappa shape index (κ3) is 5.50. The van der Waals surface area contributed by atoms with Gasteiger partial charge < -0.3 is 10.6 Å². The van der Waals surface area contributed by atoms with Gasteiger partial charge >= 0.3 is 6.03 Å². The molecule has 1 saturated heterocycles. The number of amides is 2. The van der Waals surface area contributed by atoms with Crippen molar-refractivity contribution in [3.8, 4) is 0 Å². The van der Waals surface area contributed by atoms with Gasteiger partial charge in [0.2, 0.25) is 0 Å². The summed E-state index contributed by atoms with van der Waals surface area (Å²) < 4.78 is 26.1. The molecule has 1 aliphatic heterocycles. The number of piperidine rings is 1. The van der Waals surface area contributed by atoms with Crippen LogP contribution < -0.4 is 16.0 Å². The van der Waals surface area contributed by atoms with Gasteiger partial charge in [-0.25, -0.2) is 13.2 Å². The molecule has 162 valence electrons. The molecule has 3 atom stereocenters. The SMILES string of the molecule is CC(C)C1CCC(S(=O)(=O)c2ccc(NC(=O)NCc3cccnc3)cc2)C(Cl)N1. The van der Waals surface area contributed by atoms with Gasteiger partial charge in [0, 0.05) is 30.7 Å². The van der Waals surface area contributed by atoms with Gasteiger partial charge in [-0.15, -0.1) is 11.6 Å². The minimum absolute atomic E-state index is 0.198. The highest BCUT2D eigenvalue weighted by atomic mass is 35.5. The second kappa shape index (κ2) is 9.76. The molecule has 2 heterocycles. The summed E-state index contributed by atoms with van der Waals surface area (Å²) in [4.78, 5) is 16.2. The Morgan fingerprint density at radius 1 is 1.23 bits per heavy atom. The number of urea groups is 1. The summed E-state index contributed by atoms with van der Waals surface area (Å²) in [5.41, 5.74) is 0.749. The van der Waals surface area contributed by atoms with E-state index in [9.17, 15) is 13.2 Å². The molecule has 0 saturated carbocycles. The standard InChI is InChI=1S/C21H27ClN4O3S/c1-14(2)18-9-10-19(20(22)26-18)30(28,29)17-7-5-16(6-8-17)25-21(27)24-13-15-4-3-11-23-12-15/h3-8,11-12,14,18-20,26H,9-10,13H2,1-2H3,(H2,24,25,27). The number of hydrogen-bond acceptors (Lipinski definition) is 5. The fraction of sp³-hybridized carbons (Fsp3) is 0.429. The number of rotatable bonds is 6. The lowest BCUT2D eigenvalue weighted by Crippen LogP contribution is -2.52. The van der Waals surface area contributed by atoms with Crippen molar-refractivity contribution in [2.45, 2.75) is 54.9 Å². The maximum absolute atomic E-state index is 13.0. The summed E-state index contributed by atoms with van der Waals surface area (Å²) >= 11 is 6.38. The van der Waals surface area contributed by atoms with Crippen LogP contribution >= 0.6 is 11.6 Å². The summed E-state index contributed by atoms with van der Waals surface area (Å²) in [7, 11) is -3.58. The zero-order chi connectivity index (χ0) is 21.7. The molecule has 30 heavy (non-hydrogen) atoms. The van der Waals surface area contributed by atoms with E-state index in [0.717, 1.165) is 12.0 Å². The number of anilines is 1. The minimum Gasteiger partial charge on any atom is -0.334 e. The average Bonchev–Trinajstić information content (AvgIpc) is 2.73. The number of nitrogens with zero attached hydrogens (tertiary/aromatic N) is 1. The molecule has 9 heteroatoms. The van der Waals surface area contributed by atoms with Crippen molar-refractivity contribution >= 4 is 33.2 Å². The molecule has 0 radical (unpaired) electrons. The maximum Gasteiger partial charge on any atom is 0.319 e. The van der Waals surface area contributed by atoms with Gasteiger partial charge in [-0.1, -0.05) is 19.9 Å². The number of sulfone groups is 1. The van der Waals surface area contributed by atoms with Crippen LogP contribution in [0.5, 0.6) is 0 Å². The Bertz CT molecular complexity index is 952. The van der Waals surface area contributed by atoms with Crippen LogP contribution in [0, 0.1) is 5.92 Å². The number of benzene rings is 1. The van der Waals surface area contributed by atoms with Crippen LogP contribution in [-0.4, -0.2) is 36.2 Å². The van der Waals surface area contributed by atoms with Crippen LogP contribution in [0.4, 0.5) is 10.5 Å². The summed E-state index contributed by atoms with van der Waals surface area (Å²) in [5, 5.41) is 7.96. The van der Waals surface area contributed by atoms with Crippen molar-refractivity contribution in [3.63, 3.8) is 0 Å². The smallest absolute Gasteiger partial charge is 0.319 e. The number of carbonyl (C=O) groups excluding carboxylic acids is 1. The van der Waals surface area contributed by atoms with E-state index in [1.807, 2.05) is 6.07 Å². The Labute approximate surface area is 182 Å². The number of carbonyl (C=O) groups is 1. The van der Waals surface area contributed by atoms with E-state index in [1.165, 1.54) is 12.1 Å². The number of nitrogens with one attached hydrogen (secondary N) is 3. The third-order valence-corrected chi connectivity index (χ3v) is 8.10. The third-order valence-electron chi connectivity index (χ3n) is 5.28. The topological polar surface area (TPSA) is 100 Å². The zero-order valence-electron chi connectivity index (χ0n) is 17.0. The molecule has 1 aromatic carbocycles. The highest BCUT2D eigenvalue weighted by Gasteiger charge is 2.38. The van der Waals surface area contributed by atoms with E-state index in [4.69, 9.17) is 11.6 Å². The molecular formula is C21H27ClN4O3S. The Morgan fingerprint density at radius 3 is 2.57 bits per heavy atom. The maximum atomic E-state index is 13.0. The number of halogens is 1. The summed E-state index contributed by atoms with van der Waals surface area (Å²) in [6.07, 6.45) is 4.62. The van der Waals surface area contributed by atoms with Crippen molar-refractivity contribution in [1.29, 1.82) is 0 Å². The number of alkyl halides is 1. The molecule has 3 rings (SSSR count). The second-order valence-corrected chi connectivity index (χ2v) is 10.4. The molecule has 3 unspecified atom stereocenters. The number of hydrogen-bond donors (Lipinski definition) is 3. The van der Waals surface area contributed by atoms with Crippen LogP contribution in [0.15, 0.2) is 53.7 Å². The fourth-order valence-electron chi connectivity index (χ4n) is 3.49. The lowest BCUT2D eigenvalue weighted by molar-refractivity contribution is 0.251. The first kappa shape index (κ1) is 22.5. The first-order valence-electron chi connectivity index (χ1n) is 9.95. The van der Waals surface area contributed by atoms with Gasteiger partial charge in [0.05, 0.1) is 10.1 Å². The predicted octanol–water partition coefficient (Wildman–Crippen LogP) is 3.52. The van der Waals surface area contributed by atoms with Gasteiger partial charge in [-0.3, -0.25) is 10.3 Å². The van der Waals surface area contributed by atoms with Gasteiger partial charge in [-0.05, 0) is 54.7 Å². The van der Waals surface area contributed by atoms with Crippen LogP contribution in [0.2, 0.25) is 0 Å². The van der Waals surface area contributed by atoms with E-state index in [1.54, 1.807) is 30.6 Å². The molecule has 0 bridgehead atoms. The number of aromatic nitrogens is 1. The normalized spacial score (nSPS) is 21.9. The van der Waals surface area contributed by atoms with E-state index in [-0.39, 0.29) is 17.0 Å². The monoisotopic (exact) mass is 450 g/mol. The Hall–Kier alpha value is -2.16. The highest BCUT2D eigenvalue weighted by molar-refractivity contribution is 7.92. The van der Waals surface area contributed by atoms with E-state index >= 15 is 0 Å². The first-order valence-corrected chi connectivity index (χ1v) is 11.9. The van der Waals surface area contributed by atoms with Crippen LogP contribution in [0.3, 0.4) is 0 Å². The first-order chi connectivity index (χ1) is 14.3. The van der Waals surface area contributed by atoms with Gasteiger partial charge in [0.25, 0.3) is 0 Å². The van der Waals surface area contributed by atoms with E-state index in [2.05, 4.69) is 34.8 Å². The summed E-state index contributed by atoms with van der Waals surface area (Å²) in [6.45, 7) is 4.53. The van der Waals surface area contributed by atoms with Crippen LogP contribution in [0.25, 0.3) is 0 Å². The molecule has 7 nitrogen and oxygen atoms in total. The molecule has 1 fully saturated rings. The van der Waals surface area contributed by atoms with Gasteiger partial charge in [0.1, 0.15) is 5.50 Å². The van der Waals surface area contributed by atoms with Crippen molar-refractivity contribution in [3.05, 3.63) is 54.4 Å². The molecule has 2 amide bonds. The Balaban J connectivity index is 1.59. The summed E-state index contributed by atoms with van der Waals surface area (Å²) in [6, 6.07) is 9.65. The van der Waals surface area contributed by atoms with Crippen LogP contribution in [-0.2, 0) is 16.4 Å². The van der Waals surface area contributed by atoms with Crippen molar-refractivity contribution in [2.24, 2.45) is 5.92 Å². The Morgan fingerprint density at radius 2 is 1.97 bits per heavy atom. The van der Waals surface area contributed by atoms with E-state index in [0.29, 0.717) is 24.6 Å². The molecule has 1 aromatic heterocycles. The molecular weight excluding hydrogens is 424 g/mol. The lowest BCUT2D eigenvalue weighted by Gasteiger charge is -2.35. The minimum atomic E-state index is -3.58. The molecule has 2 aromatic rings. The molecule has 0 spiro atoms. The van der Waals surface area contributed by atoms with E-state index < -0.39 is 20.6 Å². The molecule has 0 aliphatic carbocycles. The average molecular weight is 451 g/mol. The number of pyridine rings is 1. The fourth-order valence-corrected chi connectivity index (χ4v) is 5.89. The van der Waals surface area contributed by atoms with Gasteiger partial charge in [-0.2, -0.15) is 0 Å².